The first-order chi connectivity index (χ1) is 11.2. The number of benzene rings is 3. The molecule has 0 aliphatic carbocycles. The van der Waals surface area contributed by atoms with E-state index in [2.05, 4.69) is 17.1 Å². The van der Waals surface area contributed by atoms with Crippen LogP contribution in [-0.2, 0) is 0 Å². The van der Waals surface area contributed by atoms with Gasteiger partial charge in [-0.25, -0.2) is 4.99 Å². The minimum absolute atomic E-state index is 0.421. The van der Waals surface area contributed by atoms with Gasteiger partial charge in [0.05, 0.1) is 14.2 Å². The first kappa shape index (κ1) is 14.9. The van der Waals surface area contributed by atoms with Gasteiger partial charge in [0.1, 0.15) is 23.0 Å². The number of nitrogens with two attached hydrogens (primary N) is 1. The van der Waals surface area contributed by atoms with E-state index < -0.39 is 0 Å². The quantitative estimate of drug-likeness (QED) is 0.587. The lowest BCUT2D eigenvalue weighted by molar-refractivity contribution is 0.397. The third kappa shape index (κ3) is 2.83. The monoisotopic (exact) mass is 306 g/mol. The van der Waals surface area contributed by atoms with Crippen LogP contribution in [0.25, 0.3) is 10.8 Å². The van der Waals surface area contributed by atoms with E-state index in [0.717, 1.165) is 16.3 Å². The van der Waals surface area contributed by atoms with Crippen molar-refractivity contribution in [3.05, 3.63) is 66.2 Å². The number of methoxy groups -OCH3 is 2. The van der Waals surface area contributed by atoms with Crippen molar-refractivity contribution >= 4 is 22.3 Å². The number of aliphatic imine (C=N–C) groups is 1. The molecular formula is C19H18N2O2. The van der Waals surface area contributed by atoms with Crippen LogP contribution < -0.4 is 15.2 Å². The zero-order valence-electron chi connectivity index (χ0n) is 13.1. The molecule has 3 aromatic rings. The Morgan fingerprint density at radius 3 is 2.13 bits per heavy atom. The molecule has 3 aromatic carbocycles. The number of hydrogen-bond donors (Lipinski definition) is 1. The van der Waals surface area contributed by atoms with Crippen LogP contribution in [0.4, 0.5) is 5.69 Å². The largest absolute Gasteiger partial charge is 0.494 e. The lowest BCUT2D eigenvalue weighted by Crippen LogP contribution is -2.13. The summed E-state index contributed by atoms with van der Waals surface area (Å²) in [5.74, 6) is 1.66. The lowest BCUT2D eigenvalue weighted by Gasteiger charge is -2.11. The highest BCUT2D eigenvalue weighted by atomic mass is 16.5. The average Bonchev–Trinajstić information content (AvgIpc) is 2.61. The number of hydrogen-bond acceptors (Lipinski definition) is 3. The molecule has 116 valence electrons. The Balaban J connectivity index is 2.16. The van der Waals surface area contributed by atoms with Crippen LogP contribution in [0.2, 0.25) is 0 Å². The van der Waals surface area contributed by atoms with E-state index >= 15 is 0 Å². The Morgan fingerprint density at radius 1 is 0.826 bits per heavy atom. The second kappa shape index (κ2) is 6.40. The molecule has 4 nitrogen and oxygen atoms in total. The molecule has 0 saturated heterocycles. The van der Waals surface area contributed by atoms with Crippen molar-refractivity contribution in [3.63, 3.8) is 0 Å². The molecule has 0 unspecified atom stereocenters. The van der Waals surface area contributed by atoms with Gasteiger partial charge in [0.15, 0.2) is 0 Å². The Bertz CT molecular complexity index is 845. The minimum atomic E-state index is 0.421. The zero-order chi connectivity index (χ0) is 16.2. The number of rotatable bonds is 4. The van der Waals surface area contributed by atoms with Crippen molar-refractivity contribution in [3.8, 4) is 11.5 Å². The van der Waals surface area contributed by atoms with Gasteiger partial charge in [-0.05, 0) is 22.9 Å². The molecule has 0 fully saturated rings. The summed E-state index contributed by atoms with van der Waals surface area (Å²) in [5, 5.41) is 2.18. The predicted molar refractivity (Wildman–Crippen MR) is 93.9 cm³/mol. The van der Waals surface area contributed by atoms with Gasteiger partial charge in [-0.2, -0.15) is 0 Å². The van der Waals surface area contributed by atoms with Crippen LogP contribution in [0.15, 0.2) is 65.7 Å². The predicted octanol–water partition coefficient (Wildman–Crippen LogP) is 3.89. The van der Waals surface area contributed by atoms with Gasteiger partial charge in [-0.15, -0.1) is 0 Å². The molecule has 3 rings (SSSR count). The topological polar surface area (TPSA) is 56.8 Å². The average molecular weight is 306 g/mol. The summed E-state index contributed by atoms with van der Waals surface area (Å²) in [6.07, 6.45) is 0. The fourth-order valence-electron chi connectivity index (χ4n) is 2.57. The molecule has 0 aromatic heterocycles. The van der Waals surface area contributed by atoms with Crippen molar-refractivity contribution in [1.82, 2.24) is 0 Å². The van der Waals surface area contributed by atoms with E-state index in [0.29, 0.717) is 23.0 Å². The molecule has 0 atom stereocenters. The molecule has 0 aliphatic heterocycles. The van der Waals surface area contributed by atoms with Crippen molar-refractivity contribution in [2.75, 3.05) is 14.2 Å². The molecule has 0 bridgehead atoms. The molecule has 4 heteroatoms. The minimum Gasteiger partial charge on any atom is -0.494 e. The van der Waals surface area contributed by atoms with Crippen LogP contribution in [0, 0.1) is 0 Å². The van der Waals surface area contributed by atoms with Crippen LogP contribution in [0.3, 0.4) is 0 Å². The number of para-hydroxylation sites is 1. The summed E-state index contributed by atoms with van der Waals surface area (Å²) >= 11 is 0. The van der Waals surface area contributed by atoms with E-state index in [1.807, 2.05) is 48.5 Å². The van der Waals surface area contributed by atoms with Crippen LogP contribution in [-0.4, -0.2) is 20.1 Å². The lowest BCUT2D eigenvalue weighted by atomic mass is 10.0. The molecular weight excluding hydrogens is 288 g/mol. The molecule has 0 spiro atoms. The van der Waals surface area contributed by atoms with Crippen molar-refractivity contribution in [2.24, 2.45) is 10.7 Å². The molecule has 0 radical (unpaired) electrons. The highest BCUT2D eigenvalue weighted by Gasteiger charge is 2.11. The molecule has 0 aliphatic rings. The van der Waals surface area contributed by atoms with Gasteiger partial charge in [0, 0.05) is 5.56 Å². The maximum atomic E-state index is 6.28. The first-order valence-corrected chi connectivity index (χ1v) is 7.28. The second-order valence-corrected chi connectivity index (χ2v) is 5.03. The maximum Gasteiger partial charge on any atom is 0.149 e. The Hall–Kier alpha value is -3.01. The van der Waals surface area contributed by atoms with Crippen molar-refractivity contribution in [1.29, 1.82) is 0 Å². The summed E-state index contributed by atoms with van der Waals surface area (Å²) < 4.78 is 10.7. The maximum absolute atomic E-state index is 6.28. The van der Waals surface area contributed by atoms with Gasteiger partial charge in [0.25, 0.3) is 0 Å². The molecule has 0 amide bonds. The van der Waals surface area contributed by atoms with E-state index in [4.69, 9.17) is 15.2 Å². The highest BCUT2D eigenvalue weighted by molar-refractivity contribution is 6.10. The smallest absolute Gasteiger partial charge is 0.149 e. The van der Waals surface area contributed by atoms with Gasteiger partial charge >= 0.3 is 0 Å². The van der Waals surface area contributed by atoms with Crippen molar-refractivity contribution in [2.45, 2.75) is 0 Å². The van der Waals surface area contributed by atoms with Gasteiger partial charge in [-0.3, -0.25) is 0 Å². The number of amidine groups is 1. The first-order valence-electron chi connectivity index (χ1n) is 7.28. The SMILES string of the molecule is COc1cccc(OC)c1N=C(N)c1cccc2ccccc12. The summed E-state index contributed by atoms with van der Waals surface area (Å²) in [6, 6.07) is 19.6. The summed E-state index contributed by atoms with van der Waals surface area (Å²) in [5.41, 5.74) is 7.75. The van der Waals surface area contributed by atoms with Gasteiger partial charge < -0.3 is 15.2 Å². The molecule has 2 N–H and O–H groups in total. The Kier molecular flexibility index (Phi) is 4.15. The van der Waals surface area contributed by atoms with Crippen LogP contribution in [0.5, 0.6) is 11.5 Å². The summed E-state index contributed by atoms with van der Waals surface area (Å²) in [4.78, 5) is 4.57. The molecule has 23 heavy (non-hydrogen) atoms. The van der Waals surface area contributed by atoms with E-state index in [9.17, 15) is 0 Å². The Labute approximate surface area is 135 Å². The van der Waals surface area contributed by atoms with Crippen LogP contribution in [0.1, 0.15) is 5.56 Å². The third-order valence-electron chi connectivity index (χ3n) is 3.70. The molecule has 0 heterocycles. The van der Waals surface area contributed by atoms with E-state index in [1.165, 1.54) is 0 Å². The number of nitrogens with zero attached hydrogens (tertiary/aromatic N) is 1. The van der Waals surface area contributed by atoms with Gasteiger partial charge in [0.2, 0.25) is 0 Å². The van der Waals surface area contributed by atoms with Crippen molar-refractivity contribution < 1.29 is 9.47 Å². The fraction of sp³-hybridized carbons (Fsp3) is 0.105. The number of fused-ring (bicyclic) bond motifs is 1. The van der Waals surface area contributed by atoms with E-state index in [-0.39, 0.29) is 0 Å². The second-order valence-electron chi connectivity index (χ2n) is 5.03. The fourth-order valence-corrected chi connectivity index (χ4v) is 2.57. The van der Waals surface area contributed by atoms with Gasteiger partial charge in [-0.1, -0.05) is 48.5 Å². The highest BCUT2D eigenvalue weighted by Crippen LogP contribution is 2.37. The third-order valence-corrected chi connectivity index (χ3v) is 3.70. The standard InChI is InChI=1S/C19H18N2O2/c1-22-16-11-6-12-17(23-2)18(16)21-19(20)15-10-5-8-13-7-3-4-9-14(13)15/h3-12H,1-2H3,(H2,20,21). The van der Waals surface area contributed by atoms with Crippen LogP contribution >= 0.6 is 0 Å². The summed E-state index contributed by atoms with van der Waals surface area (Å²) in [6.45, 7) is 0. The number of ether oxygens (including phenoxy) is 2. The zero-order valence-corrected chi connectivity index (χ0v) is 13.1. The normalized spacial score (nSPS) is 11.5. The van der Waals surface area contributed by atoms with E-state index in [1.54, 1.807) is 14.2 Å². The molecule has 0 saturated carbocycles. The Morgan fingerprint density at radius 2 is 1.43 bits per heavy atom. The summed E-state index contributed by atoms with van der Waals surface area (Å²) in [7, 11) is 3.20.